The van der Waals surface area contributed by atoms with Crippen LogP contribution in [0.1, 0.15) is 43.9 Å². The molecule has 2 atom stereocenters. The van der Waals surface area contributed by atoms with Crippen LogP contribution in [0.25, 0.3) is 0 Å². The topological polar surface area (TPSA) is 93.0 Å². The first-order valence-electron chi connectivity index (χ1n) is 9.87. The van der Waals surface area contributed by atoms with Gasteiger partial charge in [0.05, 0.1) is 23.8 Å². The lowest BCUT2D eigenvalue weighted by Gasteiger charge is -2.37. The van der Waals surface area contributed by atoms with Crippen LogP contribution >= 0.6 is 0 Å². The first-order chi connectivity index (χ1) is 13.9. The van der Waals surface area contributed by atoms with E-state index in [2.05, 4.69) is 35.8 Å². The van der Waals surface area contributed by atoms with Gasteiger partial charge in [0.2, 0.25) is 5.96 Å². The number of nitriles is 1. The summed E-state index contributed by atoms with van der Waals surface area (Å²) >= 11 is 0. The second kappa shape index (κ2) is 9.07. The molecular formula is C21H28N6O2. The summed E-state index contributed by atoms with van der Waals surface area (Å²) in [4.78, 5) is 19.7. The Morgan fingerprint density at radius 1 is 1.34 bits per heavy atom. The number of allylic oxidation sites excluding steroid dienone is 1. The molecule has 0 aliphatic carbocycles. The quantitative estimate of drug-likeness (QED) is 0.680. The third-order valence-electron chi connectivity index (χ3n) is 4.96. The maximum absolute atomic E-state index is 12.8. The maximum atomic E-state index is 12.8. The van der Waals surface area contributed by atoms with Gasteiger partial charge in [0, 0.05) is 5.70 Å². The summed E-state index contributed by atoms with van der Waals surface area (Å²) < 4.78 is 5.33. The van der Waals surface area contributed by atoms with Crippen molar-refractivity contribution in [2.45, 2.75) is 38.9 Å². The van der Waals surface area contributed by atoms with Crippen molar-refractivity contribution in [2.24, 2.45) is 4.99 Å². The fourth-order valence-corrected chi connectivity index (χ4v) is 3.58. The van der Waals surface area contributed by atoms with E-state index < -0.39 is 0 Å². The number of guanidine groups is 1. The van der Waals surface area contributed by atoms with Crippen molar-refractivity contribution in [1.82, 2.24) is 20.7 Å². The monoisotopic (exact) mass is 396 g/mol. The molecule has 0 spiro atoms. The van der Waals surface area contributed by atoms with Gasteiger partial charge in [-0.1, -0.05) is 12.1 Å². The first-order valence-corrected chi connectivity index (χ1v) is 9.87. The number of fused-ring (bicyclic) bond motifs is 1. The summed E-state index contributed by atoms with van der Waals surface area (Å²) in [6.07, 6.45) is 1.83. The highest BCUT2D eigenvalue weighted by molar-refractivity contribution is 5.96. The highest BCUT2D eigenvalue weighted by Crippen LogP contribution is 2.35. The van der Waals surface area contributed by atoms with Gasteiger partial charge in [0.15, 0.2) is 0 Å². The fraction of sp³-hybridized carbons (Fsp3) is 0.476. The van der Waals surface area contributed by atoms with Crippen LogP contribution in [0.4, 0.5) is 0 Å². The maximum Gasteiger partial charge on any atom is 0.338 e. The average molecular weight is 396 g/mol. The van der Waals surface area contributed by atoms with Crippen molar-refractivity contribution in [1.29, 1.82) is 5.26 Å². The minimum absolute atomic E-state index is 0.0623. The third-order valence-corrected chi connectivity index (χ3v) is 4.96. The van der Waals surface area contributed by atoms with Gasteiger partial charge in [-0.25, -0.2) is 15.2 Å². The fourth-order valence-electron chi connectivity index (χ4n) is 3.58. The SMILES string of the molecule is CCOC(=O)C1=C(C)NC2=NC(CCCN(C)C)NN2C1c1ccc(C#N)cc1. The minimum Gasteiger partial charge on any atom is -0.463 e. The molecule has 29 heavy (non-hydrogen) atoms. The number of hydrogen-bond donors (Lipinski definition) is 2. The van der Waals surface area contributed by atoms with Crippen molar-refractivity contribution in [2.75, 3.05) is 27.2 Å². The van der Waals surface area contributed by atoms with E-state index >= 15 is 0 Å². The molecule has 2 unspecified atom stereocenters. The van der Waals surface area contributed by atoms with Gasteiger partial charge in [-0.3, -0.25) is 5.01 Å². The Morgan fingerprint density at radius 3 is 2.69 bits per heavy atom. The van der Waals surface area contributed by atoms with Crippen LogP contribution in [0, 0.1) is 11.3 Å². The molecule has 3 rings (SSSR count). The van der Waals surface area contributed by atoms with Crippen molar-refractivity contribution >= 4 is 11.9 Å². The Kier molecular flexibility index (Phi) is 6.52. The molecule has 2 aliphatic rings. The standard InChI is InChI=1S/C21H28N6O2/c1-5-29-20(28)18-14(2)23-21-24-17(7-6-12-26(3)4)25-27(21)19(18)16-10-8-15(13-22)9-11-16/h8-11,17,19,25H,5-7,12H2,1-4H3,(H,23,24). The first kappa shape index (κ1) is 20.8. The molecule has 2 aliphatic heterocycles. The molecule has 1 aromatic carbocycles. The third kappa shape index (κ3) is 4.58. The number of nitrogens with one attached hydrogen (secondary N) is 2. The smallest absolute Gasteiger partial charge is 0.338 e. The lowest BCUT2D eigenvalue weighted by Crippen LogP contribution is -2.52. The van der Waals surface area contributed by atoms with Crippen LogP contribution in [0.3, 0.4) is 0 Å². The zero-order chi connectivity index (χ0) is 21.0. The summed E-state index contributed by atoms with van der Waals surface area (Å²) in [6.45, 7) is 4.95. The van der Waals surface area contributed by atoms with E-state index in [9.17, 15) is 4.79 Å². The molecule has 2 heterocycles. The second-order valence-electron chi connectivity index (χ2n) is 7.43. The van der Waals surface area contributed by atoms with Gasteiger partial charge >= 0.3 is 5.97 Å². The lowest BCUT2D eigenvalue weighted by atomic mass is 9.94. The minimum atomic E-state index is -0.388. The average Bonchev–Trinajstić information content (AvgIpc) is 3.09. The number of ether oxygens (including phenoxy) is 1. The molecule has 0 saturated carbocycles. The molecular weight excluding hydrogens is 368 g/mol. The van der Waals surface area contributed by atoms with E-state index in [4.69, 9.17) is 15.0 Å². The molecule has 8 nitrogen and oxygen atoms in total. The summed E-state index contributed by atoms with van der Waals surface area (Å²) in [5.41, 5.74) is 6.16. The van der Waals surface area contributed by atoms with Gasteiger partial charge in [0.25, 0.3) is 0 Å². The number of aliphatic imine (C=N–C) groups is 1. The van der Waals surface area contributed by atoms with E-state index in [1.54, 1.807) is 19.1 Å². The van der Waals surface area contributed by atoms with E-state index in [0.717, 1.165) is 30.6 Å². The van der Waals surface area contributed by atoms with Crippen LogP contribution in [0.15, 0.2) is 40.5 Å². The summed E-state index contributed by atoms with van der Waals surface area (Å²) in [7, 11) is 4.11. The Bertz CT molecular complexity index is 853. The van der Waals surface area contributed by atoms with Crippen LogP contribution in [0.2, 0.25) is 0 Å². The van der Waals surface area contributed by atoms with Crippen molar-refractivity contribution in [3.8, 4) is 6.07 Å². The highest BCUT2D eigenvalue weighted by Gasteiger charge is 2.41. The molecule has 0 amide bonds. The molecule has 154 valence electrons. The number of carbonyl (C=O) groups is 1. The molecule has 0 saturated heterocycles. The normalized spacial score (nSPS) is 20.8. The van der Waals surface area contributed by atoms with E-state index in [1.165, 1.54) is 0 Å². The Balaban J connectivity index is 1.91. The number of rotatable bonds is 7. The van der Waals surface area contributed by atoms with Crippen LogP contribution in [-0.2, 0) is 9.53 Å². The zero-order valence-corrected chi connectivity index (χ0v) is 17.4. The van der Waals surface area contributed by atoms with E-state index in [0.29, 0.717) is 23.7 Å². The Morgan fingerprint density at radius 2 is 2.07 bits per heavy atom. The molecule has 1 aromatic rings. The lowest BCUT2D eigenvalue weighted by molar-refractivity contribution is -0.139. The number of esters is 1. The highest BCUT2D eigenvalue weighted by atomic mass is 16.5. The zero-order valence-electron chi connectivity index (χ0n) is 17.4. The molecule has 0 bridgehead atoms. The van der Waals surface area contributed by atoms with Gasteiger partial charge in [-0.15, -0.1) is 0 Å². The molecule has 2 N–H and O–H groups in total. The second-order valence-corrected chi connectivity index (χ2v) is 7.43. The van der Waals surface area contributed by atoms with E-state index in [-0.39, 0.29) is 18.2 Å². The Hall–Kier alpha value is -2.89. The van der Waals surface area contributed by atoms with Crippen LogP contribution in [-0.4, -0.2) is 55.3 Å². The summed E-state index contributed by atoms with van der Waals surface area (Å²) in [6, 6.07) is 9.02. The summed E-state index contributed by atoms with van der Waals surface area (Å²) in [5, 5.41) is 14.3. The van der Waals surface area contributed by atoms with E-state index in [1.807, 2.05) is 24.1 Å². The number of hydrazine groups is 1. The molecule has 0 fully saturated rings. The number of benzene rings is 1. The largest absolute Gasteiger partial charge is 0.463 e. The Labute approximate surface area is 171 Å². The van der Waals surface area contributed by atoms with Crippen LogP contribution in [0.5, 0.6) is 0 Å². The number of hydrogen-bond acceptors (Lipinski definition) is 8. The van der Waals surface area contributed by atoms with Gasteiger partial charge < -0.3 is 15.0 Å². The van der Waals surface area contributed by atoms with Gasteiger partial charge in [0.1, 0.15) is 12.2 Å². The number of nitrogens with zero attached hydrogens (tertiary/aromatic N) is 4. The molecule has 0 aromatic heterocycles. The van der Waals surface area contributed by atoms with Crippen molar-refractivity contribution in [3.05, 3.63) is 46.7 Å². The molecule has 8 heteroatoms. The number of carbonyl (C=O) groups excluding carboxylic acids is 1. The summed E-state index contributed by atoms with van der Waals surface area (Å²) in [5.74, 6) is 0.337. The predicted molar refractivity (Wildman–Crippen MR) is 110 cm³/mol. The van der Waals surface area contributed by atoms with Gasteiger partial charge in [-0.05, 0) is 65.0 Å². The van der Waals surface area contributed by atoms with Crippen molar-refractivity contribution in [3.63, 3.8) is 0 Å². The van der Waals surface area contributed by atoms with Crippen molar-refractivity contribution < 1.29 is 9.53 Å². The van der Waals surface area contributed by atoms with Crippen LogP contribution < -0.4 is 10.7 Å². The predicted octanol–water partition coefficient (Wildman–Crippen LogP) is 1.88. The molecule has 0 radical (unpaired) electrons. The van der Waals surface area contributed by atoms with Gasteiger partial charge in [-0.2, -0.15) is 5.26 Å².